The van der Waals surface area contributed by atoms with Crippen molar-refractivity contribution in [1.82, 2.24) is 15.1 Å². The molecule has 0 bridgehead atoms. The second-order valence-corrected chi connectivity index (χ2v) is 10.3. The van der Waals surface area contributed by atoms with E-state index in [0.29, 0.717) is 37.1 Å². The van der Waals surface area contributed by atoms with Gasteiger partial charge in [0.15, 0.2) is 0 Å². The number of piperidine rings is 1. The second-order valence-electron chi connectivity index (χ2n) is 10.3. The quantitative estimate of drug-likeness (QED) is 0.638. The van der Waals surface area contributed by atoms with Crippen LogP contribution in [0.1, 0.15) is 52.7 Å². The summed E-state index contributed by atoms with van der Waals surface area (Å²) in [6.45, 7) is 2.50. The van der Waals surface area contributed by atoms with Crippen LogP contribution in [-0.4, -0.2) is 59.0 Å². The maximum atomic E-state index is 13.9. The molecule has 1 aliphatic carbocycles. The maximum absolute atomic E-state index is 13.9. The number of halogens is 3. The van der Waals surface area contributed by atoms with Crippen LogP contribution in [0.3, 0.4) is 0 Å². The third-order valence-corrected chi connectivity index (χ3v) is 7.66. The number of benzene rings is 2. The number of carbonyl (C=O) groups is 3. The number of ether oxygens (including phenoxy) is 1. The van der Waals surface area contributed by atoms with E-state index >= 15 is 0 Å². The fourth-order valence-electron chi connectivity index (χ4n) is 5.34. The summed E-state index contributed by atoms with van der Waals surface area (Å²) in [6.07, 6.45) is -1.93. The number of likely N-dealkylation sites (tertiary alicyclic amines) is 1. The molecule has 2 aromatic rings. The highest BCUT2D eigenvalue weighted by Gasteiger charge is 2.54. The van der Waals surface area contributed by atoms with Crippen molar-refractivity contribution in [2.24, 2.45) is 5.92 Å². The Balaban J connectivity index is 1.36. The minimum absolute atomic E-state index is 0.0391. The number of hydrogen-bond donors (Lipinski definition) is 1. The number of nitrogens with zero attached hydrogens (tertiary/aromatic N) is 2. The molecule has 2 aromatic carbocycles. The van der Waals surface area contributed by atoms with Gasteiger partial charge in [0.1, 0.15) is 11.8 Å². The van der Waals surface area contributed by atoms with Gasteiger partial charge in [0.25, 0.3) is 5.91 Å². The lowest BCUT2D eigenvalue weighted by Gasteiger charge is -2.44. The van der Waals surface area contributed by atoms with Gasteiger partial charge in [-0.25, -0.2) is 0 Å². The minimum Gasteiger partial charge on any atom is -0.353 e. The van der Waals surface area contributed by atoms with Crippen LogP contribution in [0.25, 0.3) is 0 Å². The number of carbonyl (C=O) groups excluding carboxylic acids is 3. The lowest BCUT2D eigenvalue weighted by molar-refractivity contribution is -0.144. The predicted octanol–water partition coefficient (Wildman–Crippen LogP) is 3.90. The molecular formula is C28H30F3N3O4. The van der Waals surface area contributed by atoms with Crippen LogP contribution < -0.4 is 5.32 Å². The summed E-state index contributed by atoms with van der Waals surface area (Å²) >= 11 is 0. The van der Waals surface area contributed by atoms with Gasteiger partial charge in [-0.1, -0.05) is 30.3 Å². The van der Waals surface area contributed by atoms with Gasteiger partial charge >= 0.3 is 6.18 Å². The lowest BCUT2D eigenvalue weighted by atomic mass is 9.95. The van der Waals surface area contributed by atoms with Gasteiger partial charge < -0.3 is 15.0 Å². The molecule has 1 saturated carbocycles. The van der Waals surface area contributed by atoms with E-state index in [1.165, 1.54) is 17.0 Å². The van der Waals surface area contributed by atoms with Gasteiger partial charge in [0, 0.05) is 44.0 Å². The molecule has 2 saturated heterocycles. The fraction of sp³-hybridized carbons (Fsp3) is 0.464. The Kier molecular flexibility index (Phi) is 6.94. The zero-order chi connectivity index (χ0) is 27.1. The lowest BCUT2D eigenvalue weighted by Crippen LogP contribution is -2.60. The summed E-state index contributed by atoms with van der Waals surface area (Å²) in [6, 6.07) is 10.9. The average Bonchev–Trinajstić information content (AvgIpc) is 3.69. The molecule has 7 nitrogen and oxygen atoms in total. The first-order valence-electron chi connectivity index (χ1n) is 12.8. The van der Waals surface area contributed by atoms with Crippen LogP contribution in [0.4, 0.5) is 13.2 Å². The molecule has 2 heterocycles. The van der Waals surface area contributed by atoms with E-state index in [1.807, 2.05) is 24.0 Å². The highest BCUT2D eigenvalue weighted by atomic mass is 19.4. The van der Waals surface area contributed by atoms with Crippen molar-refractivity contribution in [1.29, 1.82) is 0 Å². The largest absolute Gasteiger partial charge is 0.416 e. The van der Waals surface area contributed by atoms with Crippen LogP contribution in [0.2, 0.25) is 0 Å². The summed E-state index contributed by atoms with van der Waals surface area (Å²) in [4.78, 5) is 43.1. The molecule has 202 valence electrons. The van der Waals surface area contributed by atoms with Gasteiger partial charge in [-0.05, 0) is 49.1 Å². The van der Waals surface area contributed by atoms with E-state index in [9.17, 15) is 27.6 Å². The van der Waals surface area contributed by atoms with E-state index < -0.39 is 29.4 Å². The molecule has 3 amide bonds. The Hall–Kier alpha value is -3.40. The van der Waals surface area contributed by atoms with Crippen molar-refractivity contribution in [3.63, 3.8) is 0 Å². The van der Waals surface area contributed by atoms with Gasteiger partial charge in [-0.3, -0.25) is 19.3 Å². The van der Waals surface area contributed by atoms with Crippen LogP contribution in [0.15, 0.2) is 48.5 Å². The molecule has 3 fully saturated rings. The Bertz CT molecular complexity index is 1240. The van der Waals surface area contributed by atoms with E-state index in [1.54, 1.807) is 12.1 Å². The molecule has 10 heteroatoms. The SMILES string of the molecule is Cc1ccccc1C(=O)N1[C@H](C(=O)NCc2cccc(C(F)(F)F)c2)COC12CCN(C(=O)C1CC1)CC2. The number of rotatable bonds is 5. The van der Waals surface area contributed by atoms with Crippen molar-refractivity contribution in [2.75, 3.05) is 19.7 Å². The van der Waals surface area contributed by atoms with Gasteiger partial charge in [-0.15, -0.1) is 0 Å². The molecule has 38 heavy (non-hydrogen) atoms. The predicted molar refractivity (Wildman–Crippen MR) is 132 cm³/mol. The summed E-state index contributed by atoms with van der Waals surface area (Å²) in [5.41, 5.74) is -0.340. The van der Waals surface area contributed by atoms with Crippen LogP contribution >= 0.6 is 0 Å². The highest BCUT2D eigenvalue weighted by Crippen LogP contribution is 2.40. The molecule has 0 radical (unpaired) electrons. The Morgan fingerprint density at radius 1 is 1.05 bits per heavy atom. The van der Waals surface area contributed by atoms with E-state index in [0.717, 1.165) is 30.5 Å². The summed E-state index contributed by atoms with van der Waals surface area (Å²) in [7, 11) is 0. The van der Waals surface area contributed by atoms with Crippen molar-refractivity contribution < 1.29 is 32.3 Å². The molecule has 1 atom stereocenters. The number of aryl methyl sites for hydroxylation is 1. The topological polar surface area (TPSA) is 79.0 Å². The number of hydrogen-bond acceptors (Lipinski definition) is 4. The standard InChI is InChI=1S/C28H30F3N3O4/c1-18-5-2-3-8-22(18)26(37)34-23(24(35)32-16-19-6-4-7-21(15-19)28(29,30)31)17-38-27(34)11-13-33(14-12-27)25(36)20-9-10-20/h2-8,15,20,23H,9-14,16-17H2,1H3,(H,32,35)/t23-/m0/s1. The van der Waals surface area contributed by atoms with E-state index in [4.69, 9.17) is 4.74 Å². The average molecular weight is 530 g/mol. The molecule has 1 spiro atoms. The van der Waals surface area contributed by atoms with Crippen LogP contribution in [0, 0.1) is 12.8 Å². The van der Waals surface area contributed by atoms with Gasteiger partial charge in [0.05, 0.1) is 12.2 Å². The summed E-state index contributed by atoms with van der Waals surface area (Å²) in [5.74, 6) is -0.628. The Morgan fingerprint density at radius 2 is 1.76 bits per heavy atom. The Labute approximate surface area is 218 Å². The first-order chi connectivity index (χ1) is 18.1. The monoisotopic (exact) mass is 529 g/mol. The smallest absolute Gasteiger partial charge is 0.353 e. The fourth-order valence-corrected chi connectivity index (χ4v) is 5.34. The molecule has 0 unspecified atom stereocenters. The van der Waals surface area contributed by atoms with Crippen molar-refractivity contribution in [3.05, 3.63) is 70.8 Å². The molecule has 2 aliphatic heterocycles. The summed E-state index contributed by atoms with van der Waals surface area (Å²) in [5, 5.41) is 2.70. The molecule has 5 rings (SSSR count). The van der Waals surface area contributed by atoms with E-state index in [-0.39, 0.29) is 30.9 Å². The van der Waals surface area contributed by atoms with E-state index in [2.05, 4.69) is 5.32 Å². The zero-order valence-electron chi connectivity index (χ0n) is 21.1. The van der Waals surface area contributed by atoms with Crippen LogP contribution in [-0.2, 0) is 27.0 Å². The molecule has 3 aliphatic rings. The minimum atomic E-state index is -4.49. The third-order valence-electron chi connectivity index (χ3n) is 7.66. The van der Waals surface area contributed by atoms with Gasteiger partial charge in [-0.2, -0.15) is 13.2 Å². The van der Waals surface area contributed by atoms with Crippen LogP contribution in [0.5, 0.6) is 0 Å². The zero-order valence-corrected chi connectivity index (χ0v) is 21.1. The number of nitrogens with one attached hydrogen (secondary N) is 1. The first-order valence-corrected chi connectivity index (χ1v) is 12.8. The van der Waals surface area contributed by atoms with Crippen molar-refractivity contribution >= 4 is 17.7 Å². The maximum Gasteiger partial charge on any atom is 0.416 e. The highest BCUT2D eigenvalue weighted by molar-refractivity contribution is 5.99. The normalized spacial score (nSPS) is 21.0. The Morgan fingerprint density at radius 3 is 2.42 bits per heavy atom. The third kappa shape index (κ3) is 5.14. The first kappa shape index (κ1) is 26.2. The number of alkyl halides is 3. The van der Waals surface area contributed by atoms with Crippen molar-refractivity contribution in [3.8, 4) is 0 Å². The summed E-state index contributed by atoms with van der Waals surface area (Å²) < 4.78 is 45.5. The van der Waals surface area contributed by atoms with Crippen molar-refractivity contribution in [2.45, 2.75) is 57.1 Å². The second kappa shape index (κ2) is 10.1. The van der Waals surface area contributed by atoms with Gasteiger partial charge in [0.2, 0.25) is 11.8 Å². The molecular weight excluding hydrogens is 499 g/mol. The molecule has 1 N–H and O–H groups in total. The molecule has 0 aromatic heterocycles. The number of amides is 3.